The Bertz CT molecular complexity index is 1040. The van der Waals surface area contributed by atoms with Crippen LogP contribution in [0.5, 0.6) is 0 Å². The number of nitrogens with zero attached hydrogens (tertiary/aromatic N) is 2. The zero-order valence-corrected chi connectivity index (χ0v) is 22.6. The number of hydrogen-bond donors (Lipinski definition) is 2. The lowest BCUT2D eigenvalue weighted by Gasteiger charge is -2.37. The van der Waals surface area contributed by atoms with Crippen molar-refractivity contribution < 1.29 is 10.3 Å². The first kappa shape index (κ1) is 29.4. The van der Waals surface area contributed by atoms with Gasteiger partial charge in [0.2, 0.25) is 0 Å². The molecule has 0 atom stereocenters. The lowest BCUT2D eigenvalue weighted by atomic mass is 9.81. The van der Waals surface area contributed by atoms with Crippen molar-refractivity contribution in [1.82, 2.24) is 14.9 Å². The second-order valence-corrected chi connectivity index (χ2v) is 10.1. The number of urea groups is 1. The molecule has 4 N–H and O–H groups in total. The number of para-hydroxylation sites is 1. The highest BCUT2D eigenvalue weighted by molar-refractivity contribution is 5.91. The number of anilines is 1. The van der Waals surface area contributed by atoms with Gasteiger partial charge in [0, 0.05) is 24.1 Å². The molecule has 2 aromatic carbocycles. The molecule has 1 aliphatic carbocycles. The number of amides is 2. The topological polar surface area (TPSA) is 92.5 Å². The van der Waals surface area contributed by atoms with E-state index in [0.717, 1.165) is 37.2 Å². The SMILES string of the molecule is CC(C)c1cccc(C(C)C)c1NC(=O)N(Cc1ncc[nH]1)C1CCC(c2ccccc2)CC1.Cl.O. The van der Waals surface area contributed by atoms with Crippen LogP contribution in [0.3, 0.4) is 0 Å². The summed E-state index contributed by atoms with van der Waals surface area (Å²) in [6.07, 6.45) is 7.76. The summed E-state index contributed by atoms with van der Waals surface area (Å²) in [7, 11) is 0. The van der Waals surface area contributed by atoms with Crippen LogP contribution in [0.15, 0.2) is 60.9 Å². The Labute approximate surface area is 221 Å². The van der Waals surface area contributed by atoms with Crippen molar-refractivity contribution in [3.63, 3.8) is 0 Å². The fourth-order valence-corrected chi connectivity index (χ4v) is 5.23. The summed E-state index contributed by atoms with van der Waals surface area (Å²) in [6, 6.07) is 17.3. The van der Waals surface area contributed by atoms with E-state index in [-0.39, 0.29) is 30.0 Å². The number of rotatable bonds is 7. The molecule has 2 amide bonds. The smallest absolute Gasteiger partial charge is 0.322 e. The van der Waals surface area contributed by atoms with Crippen molar-refractivity contribution in [2.75, 3.05) is 5.32 Å². The molecule has 0 unspecified atom stereocenters. The van der Waals surface area contributed by atoms with E-state index in [9.17, 15) is 4.79 Å². The summed E-state index contributed by atoms with van der Waals surface area (Å²) in [6.45, 7) is 9.21. The van der Waals surface area contributed by atoms with Gasteiger partial charge in [0.15, 0.2) is 0 Å². The number of carbonyl (C=O) groups excluding carboxylic acids is 1. The monoisotopic (exact) mass is 512 g/mol. The second kappa shape index (κ2) is 13.5. The number of imidazole rings is 1. The fraction of sp³-hybridized carbons (Fsp3) is 0.448. The van der Waals surface area contributed by atoms with Crippen LogP contribution in [0.25, 0.3) is 0 Å². The molecule has 0 bridgehead atoms. The maximum absolute atomic E-state index is 13.8. The Morgan fingerprint density at radius 3 is 2.11 bits per heavy atom. The first-order valence-corrected chi connectivity index (χ1v) is 12.7. The minimum Gasteiger partial charge on any atom is -0.412 e. The quantitative estimate of drug-likeness (QED) is 0.356. The van der Waals surface area contributed by atoms with Gasteiger partial charge in [-0.3, -0.25) is 0 Å². The van der Waals surface area contributed by atoms with Gasteiger partial charge in [-0.05, 0) is 60.1 Å². The summed E-state index contributed by atoms with van der Waals surface area (Å²) in [5.74, 6) is 2.05. The molecule has 0 spiro atoms. The predicted octanol–water partition coefficient (Wildman–Crippen LogP) is 7.01. The minimum atomic E-state index is -0.0328. The molecule has 1 heterocycles. The standard InChI is InChI=1S/C29H38N4O.ClH.H2O/c1-20(2)25-11-8-12-26(21(3)4)28(25)32-29(34)33(19-27-30-17-18-31-27)24-15-13-23(14-16-24)22-9-6-5-7-10-22;;/h5-12,17-18,20-21,23-24H,13-16,19H2,1-4H3,(H,30,31)(H,32,34);1H;1H2. The average Bonchev–Trinajstić information content (AvgIpc) is 3.36. The molecule has 196 valence electrons. The Balaban J connectivity index is 0.00000228. The summed E-state index contributed by atoms with van der Waals surface area (Å²) < 4.78 is 0. The number of hydrogen-bond acceptors (Lipinski definition) is 2. The van der Waals surface area contributed by atoms with Gasteiger partial charge in [-0.15, -0.1) is 12.4 Å². The van der Waals surface area contributed by atoms with Gasteiger partial charge in [0.1, 0.15) is 5.82 Å². The van der Waals surface area contributed by atoms with Gasteiger partial charge in [-0.25, -0.2) is 9.78 Å². The molecule has 1 fully saturated rings. The van der Waals surface area contributed by atoms with Gasteiger partial charge in [-0.1, -0.05) is 76.2 Å². The molecule has 6 nitrogen and oxygen atoms in total. The Kier molecular flexibility index (Phi) is 11.0. The molecule has 0 aliphatic heterocycles. The van der Waals surface area contributed by atoms with Crippen LogP contribution in [0, 0.1) is 0 Å². The van der Waals surface area contributed by atoms with E-state index in [2.05, 4.69) is 91.5 Å². The molecular formula is C29H41ClN4O2. The van der Waals surface area contributed by atoms with E-state index in [0.29, 0.717) is 24.3 Å². The molecule has 36 heavy (non-hydrogen) atoms. The molecule has 1 aliphatic rings. The Hall–Kier alpha value is -2.83. The van der Waals surface area contributed by atoms with E-state index < -0.39 is 0 Å². The average molecular weight is 513 g/mol. The normalized spacial score (nSPS) is 17.3. The molecule has 1 saturated carbocycles. The predicted molar refractivity (Wildman–Crippen MR) is 150 cm³/mol. The lowest BCUT2D eigenvalue weighted by Crippen LogP contribution is -2.44. The first-order chi connectivity index (χ1) is 16.4. The number of aromatic nitrogens is 2. The fourth-order valence-electron chi connectivity index (χ4n) is 5.23. The molecule has 0 radical (unpaired) electrons. The summed E-state index contributed by atoms with van der Waals surface area (Å²) in [4.78, 5) is 23.4. The highest BCUT2D eigenvalue weighted by Gasteiger charge is 2.31. The summed E-state index contributed by atoms with van der Waals surface area (Å²) >= 11 is 0. The van der Waals surface area contributed by atoms with Gasteiger partial charge in [0.25, 0.3) is 0 Å². The third kappa shape index (κ3) is 6.89. The third-order valence-corrected chi connectivity index (χ3v) is 7.15. The number of nitrogens with one attached hydrogen (secondary N) is 2. The third-order valence-electron chi connectivity index (χ3n) is 7.15. The van der Waals surface area contributed by atoms with Crippen LogP contribution in [0.2, 0.25) is 0 Å². The number of aromatic amines is 1. The van der Waals surface area contributed by atoms with Crippen LogP contribution in [-0.4, -0.2) is 32.4 Å². The van der Waals surface area contributed by atoms with Crippen molar-refractivity contribution in [2.45, 2.75) is 83.7 Å². The van der Waals surface area contributed by atoms with Gasteiger partial charge in [0.05, 0.1) is 6.54 Å². The van der Waals surface area contributed by atoms with Gasteiger partial charge < -0.3 is 20.7 Å². The molecular weight excluding hydrogens is 472 g/mol. The lowest BCUT2D eigenvalue weighted by molar-refractivity contribution is 0.156. The summed E-state index contributed by atoms with van der Waals surface area (Å²) in [5, 5.41) is 3.34. The summed E-state index contributed by atoms with van der Waals surface area (Å²) in [5.41, 5.74) is 4.76. The van der Waals surface area contributed by atoms with E-state index in [4.69, 9.17) is 0 Å². The first-order valence-electron chi connectivity index (χ1n) is 12.7. The van der Waals surface area contributed by atoms with Crippen LogP contribution < -0.4 is 5.32 Å². The highest BCUT2D eigenvalue weighted by atomic mass is 35.5. The van der Waals surface area contributed by atoms with Crippen LogP contribution in [0.4, 0.5) is 10.5 Å². The van der Waals surface area contributed by atoms with E-state index in [1.165, 1.54) is 16.7 Å². The molecule has 7 heteroatoms. The van der Waals surface area contributed by atoms with E-state index in [1.54, 1.807) is 6.20 Å². The minimum absolute atomic E-state index is 0. The molecule has 4 rings (SSSR count). The van der Waals surface area contributed by atoms with Crippen molar-refractivity contribution >= 4 is 24.1 Å². The van der Waals surface area contributed by atoms with E-state index >= 15 is 0 Å². The zero-order chi connectivity index (χ0) is 24.1. The number of carbonyl (C=O) groups is 1. The molecule has 0 saturated heterocycles. The van der Waals surface area contributed by atoms with Crippen LogP contribution in [-0.2, 0) is 6.54 Å². The second-order valence-electron chi connectivity index (χ2n) is 10.1. The number of benzene rings is 2. The molecule has 3 aromatic rings. The van der Waals surface area contributed by atoms with Crippen molar-refractivity contribution in [3.05, 3.63) is 83.4 Å². The largest absolute Gasteiger partial charge is 0.412 e. The maximum Gasteiger partial charge on any atom is 0.322 e. The van der Waals surface area contributed by atoms with Gasteiger partial charge >= 0.3 is 6.03 Å². The number of H-pyrrole nitrogens is 1. The maximum atomic E-state index is 13.8. The van der Waals surface area contributed by atoms with Crippen LogP contribution >= 0.6 is 12.4 Å². The van der Waals surface area contributed by atoms with Gasteiger partial charge in [-0.2, -0.15) is 0 Å². The van der Waals surface area contributed by atoms with Crippen molar-refractivity contribution in [2.24, 2.45) is 0 Å². The highest BCUT2D eigenvalue weighted by Crippen LogP contribution is 2.36. The zero-order valence-electron chi connectivity index (χ0n) is 21.8. The Morgan fingerprint density at radius 1 is 0.972 bits per heavy atom. The Morgan fingerprint density at radius 2 is 1.58 bits per heavy atom. The molecule has 1 aromatic heterocycles. The van der Waals surface area contributed by atoms with Crippen molar-refractivity contribution in [1.29, 1.82) is 0 Å². The van der Waals surface area contributed by atoms with Crippen molar-refractivity contribution in [3.8, 4) is 0 Å². The van der Waals surface area contributed by atoms with Crippen LogP contribution in [0.1, 0.15) is 93.6 Å². The number of halogens is 1. The van der Waals surface area contributed by atoms with E-state index in [1.807, 2.05) is 11.1 Å².